The molecule has 62 valence electrons. The number of halogens is 1. The molecule has 2 nitrogen and oxygen atoms in total. The lowest BCUT2D eigenvalue weighted by Gasteiger charge is -1.98. The Morgan fingerprint density at radius 2 is 2.25 bits per heavy atom. The second kappa shape index (κ2) is 3.72. The van der Waals surface area contributed by atoms with Crippen LogP contribution in [-0.4, -0.2) is 5.11 Å². The number of aryl methyl sites for hydroxylation is 1. The summed E-state index contributed by atoms with van der Waals surface area (Å²) in [6.45, 7) is 0. The van der Waals surface area contributed by atoms with Crippen molar-refractivity contribution in [1.29, 1.82) is 5.26 Å². The van der Waals surface area contributed by atoms with E-state index in [1.54, 1.807) is 6.07 Å². The van der Waals surface area contributed by atoms with E-state index >= 15 is 0 Å². The quantitative estimate of drug-likeness (QED) is 0.728. The first kappa shape index (κ1) is 8.54. The number of nitriles is 1. The van der Waals surface area contributed by atoms with Crippen LogP contribution in [0.15, 0.2) is 18.2 Å². The van der Waals surface area contributed by atoms with Crippen LogP contribution in [0.1, 0.15) is 12.0 Å². The minimum Gasteiger partial charge on any atom is -0.505 e. The lowest BCUT2D eigenvalue weighted by molar-refractivity contribution is 0.431. The van der Waals surface area contributed by atoms with E-state index in [0.717, 1.165) is 5.56 Å². The Labute approximate surface area is 69.9 Å². The summed E-state index contributed by atoms with van der Waals surface area (Å²) >= 11 is 0. The van der Waals surface area contributed by atoms with Crippen LogP contribution in [0.5, 0.6) is 5.75 Å². The summed E-state index contributed by atoms with van der Waals surface area (Å²) in [4.78, 5) is 0. The average molecular weight is 165 g/mol. The first-order valence-corrected chi connectivity index (χ1v) is 3.58. The van der Waals surface area contributed by atoms with Gasteiger partial charge in [-0.15, -0.1) is 0 Å². The van der Waals surface area contributed by atoms with Crippen molar-refractivity contribution in [3.05, 3.63) is 29.6 Å². The molecule has 12 heavy (non-hydrogen) atoms. The van der Waals surface area contributed by atoms with Gasteiger partial charge < -0.3 is 5.11 Å². The van der Waals surface area contributed by atoms with E-state index in [4.69, 9.17) is 10.4 Å². The molecule has 1 aromatic rings. The number of phenols is 1. The monoisotopic (exact) mass is 165 g/mol. The topological polar surface area (TPSA) is 44.0 Å². The van der Waals surface area contributed by atoms with E-state index in [-0.39, 0.29) is 5.75 Å². The molecule has 0 amide bonds. The Bertz CT molecular complexity index is 317. The molecule has 0 fully saturated rings. The van der Waals surface area contributed by atoms with Crippen LogP contribution < -0.4 is 0 Å². The molecule has 0 radical (unpaired) electrons. The van der Waals surface area contributed by atoms with Crippen molar-refractivity contribution in [1.82, 2.24) is 0 Å². The zero-order valence-electron chi connectivity index (χ0n) is 6.42. The molecule has 0 aromatic heterocycles. The zero-order valence-corrected chi connectivity index (χ0v) is 6.42. The smallest absolute Gasteiger partial charge is 0.164 e. The van der Waals surface area contributed by atoms with Gasteiger partial charge in [-0.1, -0.05) is 6.07 Å². The van der Waals surface area contributed by atoms with Gasteiger partial charge in [0.05, 0.1) is 6.07 Å². The molecule has 0 aliphatic rings. The summed E-state index contributed by atoms with van der Waals surface area (Å²) in [5.74, 6) is -0.985. The SMILES string of the molecule is N#CCCc1ccc(F)c(O)c1. The molecule has 3 heteroatoms. The fourth-order valence-electron chi connectivity index (χ4n) is 0.914. The van der Waals surface area contributed by atoms with Gasteiger partial charge in [0.1, 0.15) is 0 Å². The molecule has 1 rings (SSSR count). The maximum Gasteiger partial charge on any atom is 0.164 e. The number of rotatable bonds is 2. The van der Waals surface area contributed by atoms with Gasteiger partial charge in [-0.2, -0.15) is 5.26 Å². The van der Waals surface area contributed by atoms with Crippen molar-refractivity contribution in [2.75, 3.05) is 0 Å². The largest absolute Gasteiger partial charge is 0.505 e. The van der Waals surface area contributed by atoms with Gasteiger partial charge in [-0.05, 0) is 24.1 Å². The van der Waals surface area contributed by atoms with Crippen LogP contribution >= 0.6 is 0 Å². The molecule has 0 saturated carbocycles. The Kier molecular flexibility index (Phi) is 2.65. The summed E-state index contributed by atoms with van der Waals surface area (Å²) in [5.41, 5.74) is 0.774. The molecule has 0 aliphatic heterocycles. The summed E-state index contributed by atoms with van der Waals surface area (Å²) in [6.07, 6.45) is 0.926. The molecule has 0 aliphatic carbocycles. The number of hydrogen-bond donors (Lipinski definition) is 1. The summed E-state index contributed by atoms with van der Waals surface area (Å²) in [7, 11) is 0. The highest BCUT2D eigenvalue weighted by Crippen LogP contribution is 2.17. The Hall–Kier alpha value is -1.56. The van der Waals surface area contributed by atoms with E-state index < -0.39 is 5.82 Å². The first-order chi connectivity index (χ1) is 5.74. The van der Waals surface area contributed by atoms with Gasteiger partial charge in [-0.3, -0.25) is 0 Å². The molecule has 0 unspecified atom stereocenters. The highest BCUT2D eigenvalue weighted by atomic mass is 19.1. The molecule has 0 atom stereocenters. The van der Waals surface area contributed by atoms with Crippen LogP contribution in [0.4, 0.5) is 4.39 Å². The fourth-order valence-corrected chi connectivity index (χ4v) is 0.914. The third-order valence-corrected chi connectivity index (χ3v) is 1.54. The zero-order chi connectivity index (χ0) is 8.97. The summed E-state index contributed by atoms with van der Waals surface area (Å²) < 4.78 is 12.5. The van der Waals surface area contributed by atoms with Crippen molar-refractivity contribution < 1.29 is 9.50 Å². The van der Waals surface area contributed by atoms with E-state index in [1.165, 1.54) is 12.1 Å². The molecule has 1 N–H and O–H groups in total. The number of hydrogen-bond acceptors (Lipinski definition) is 2. The van der Waals surface area contributed by atoms with Gasteiger partial charge >= 0.3 is 0 Å². The fraction of sp³-hybridized carbons (Fsp3) is 0.222. The van der Waals surface area contributed by atoms with Gasteiger partial charge in [0.15, 0.2) is 11.6 Å². The van der Waals surface area contributed by atoms with Crippen molar-refractivity contribution in [2.45, 2.75) is 12.8 Å². The highest BCUT2D eigenvalue weighted by Gasteiger charge is 2.00. The lowest BCUT2D eigenvalue weighted by Crippen LogP contribution is -1.84. The van der Waals surface area contributed by atoms with Crippen LogP contribution in [0.25, 0.3) is 0 Å². The van der Waals surface area contributed by atoms with Crippen molar-refractivity contribution in [3.8, 4) is 11.8 Å². The number of phenolic OH excluding ortho intramolecular Hbond substituents is 1. The molecule has 0 bridgehead atoms. The summed E-state index contributed by atoms with van der Waals surface area (Å²) in [6, 6.07) is 6.07. The maximum absolute atomic E-state index is 12.5. The van der Waals surface area contributed by atoms with Crippen LogP contribution in [0.3, 0.4) is 0 Å². The second-order valence-electron chi connectivity index (χ2n) is 2.44. The number of aromatic hydroxyl groups is 1. The minimum atomic E-state index is -0.629. The van der Waals surface area contributed by atoms with Crippen molar-refractivity contribution in [2.24, 2.45) is 0 Å². The molecule has 0 heterocycles. The number of nitrogens with zero attached hydrogens (tertiary/aromatic N) is 1. The molecular weight excluding hydrogens is 157 g/mol. The lowest BCUT2D eigenvalue weighted by atomic mass is 10.1. The van der Waals surface area contributed by atoms with E-state index in [2.05, 4.69) is 0 Å². The molecular formula is C9H8FNO. The van der Waals surface area contributed by atoms with Crippen molar-refractivity contribution in [3.63, 3.8) is 0 Å². The van der Waals surface area contributed by atoms with Gasteiger partial charge in [0, 0.05) is 6.42 Å². The maximum atomic E-state index is 12.5. The highest BCUT2D eigenvalue weighted by molar-refractivity contribution is 5.29. The average Bonchev–Trinajstić information content (AvgIpc) is 2.07. The molecule has 0 saturated heterocycles. The predicted molar refractivity (Wildman–Crippen MR) is 42.0 cm³/mol. The predicted octanol–water partition coefficient (Wildman–Crippen LogP) is 1.99. The standard InChI is InChI=1S/C9H8FNO/c10-8-4-3-7(2-1-5-11)6-9(8)12/h3-4,6,12H,1-2H2. The Balaban J connectivity index is 2.77. The van der Waals surface area contributed by atoms with Crippen LogP contribution in [0.2, 0.25) is 0 Å². The Morgan fingerprint density at radius 1 is 1.50 bits per heavy atom. The van der Waals surface area contributed by atoms with Gasteiger partial charge in [0.2, 0.25) is 0 Å². The van der Waals surface area contributed by atoms with Crippen LogP contribution in [-0.2, 0) is 6.42 Å². The summed E-state index contributed by atoms with van der Waals surface area (Å²) in [5, 5.41) is 17.2. The third kappa shape index (κ3) is 1.96. The van der Waals surface area contributed by atoms with E-state index in [1.807, 2.05) is 6.07 Å². The van der Waals surface area contributed by atoms with Crippen LogP contribution in [0, 0.1) is 17.1 Å². The normalized spacial score (nSPS) is 9.33. The molecule has 1 aromatic carbocycles. The number of benzene rings is 1. The second-order valence-corrected chi connectivity index (χ2v) is 2.44. The van der Waals surface area contributed by atoms with E-state index in [9.17, 15) is 4.39 Å². The Morgan fingerprint density at radius 3 is 2.83 bits per heavy atom. The third-order valence-electron chi connectivity index (χ3n) is 1.54. The minimum absolute atomic E-state index is 0.356. The van der Waals surface area contributed by atoms with Gasteiger partial charge in [0.25, 0.3) is 0 Å². The van der Waals surface area contributed by atoms with Crippen molar-refractivity contribution >= 4 is 0 Å². The van der Waals surface area contributed by atoms with E-state index in [0.29, 0.717) is 12.8 Å². The van der Waals surface area contributed by atoms with Gasteiger partial charge in [-0.25, -0.2) is 4.39 Å². The molecule has 0 spiro atoms. The first-order valence-electron chi connectivity index (χ1n) is 3.58.